The van der Waals surface area contributed by atoms with Crippen LogP contribution in [0.5, 0.6) is 0 Å². The zero-order chi connectivity index (χ0) is 40.4. The number of nitrogens with zero attached hydrogens (tertiary/aromatic N) is 9. The van der Waals surface area contributed by atoms with Gasteiger partial charge in [-0.2, -0.15) is 4.98 Å². The largest absolute Gasteiger partial charge is 0.460 e. The predicted molar refractivity (Wildman–Crippen MR) is 224 cm³/mol. The van der Waals surface area contributed by atoms with Gasteiger partial charge < -0.3 is 39.0 Å². The molecule has 2 amide bonds. The van der Waals surface area contributed by atoms with Crippen LogP contribution in [-0.4, -0.2) is 97.6 Å². The molecule has 0 radical (unpaired) electrons. The minimum Gasteiger partial charge on any atom is -0.460 e. The molecule has 17 heteroatoms. The zero-order valence-corrected chi connectivity index (χ0v) is 33.2. The van der Waals surface area contributed by atoms with Gasteiger partial charge >= 0.3 is 0 Å². The number of hydrogen-bond acceptors (Lipinski definition) is 13. The van der Waals surface area contributed by atoms with Crippen molar-refractivity contribution in [2.75, 3.05) is 66.2 Å². The van der Waals surface area contributed by atoms with Crippen LogP contribution >= 0.6 is 0 Å². The van der Waals surface area contributed by atoms with Crippen LogP contribution in [0, 0.1) is 27.7 Å². The topological polar surface area (TPSA) is 188 Å². The number of nitrogens with one attached hydrogen (secondary N) is 4. The van der Waals surface area contributed by atoms with Gasteiger partial charge in [-0.05, 0) is 64.1 Å². The summed E-state index contributed by atoms with van der Waals surface area (Å²) >= 11 is 0. The molecule has 0 aliphatic carbocycles. The lowest BCUT2D eigenvalue weighted by molar-refractivity contribution is 0.101. The predicted octanol–water partition coefficient (Wildman–Crippen LogP) is 4.83. The third kappa shape index (κ3) is 6.87. The summed E-state index contributed by atoms with van der Waals surface area (Å²) in [6, 6.07) is 11.6. The molecule has 1 atom stereocenters. The molecule has 1 unspecified atom stereocenters. The maximum absolute atomic E-state index is 13.8. The molecule has 8 heterocycles. The summed E-state index contributed by atoms with van der Waals surface area (Å²) in [7, 11) is 0. The number of hydrogen-bond donors (Lipinski definition) is 4. The molecule has 2 aliphatic rings. The van der Waals surface area contributed by atoms with E-state index in [4.69, 9.17) is 18.8 Å². The van der Waals surface area contributed by atoms with Crippen LogP contribution in [0.15, 0.2) is 70.0 Å². The first-order chi connectivity index (χ1) is 28.6. The van der Waals surface area contributed by atoms with Gasteiger partial charge in [-0.25, -0.2) is 14.5 Å². The number of fused-ring (bicyclic) bond motifs is 4. The average molecular weight is 794 g/mol. The quantitative estimate of drug-likeness (QED) is 0.164. The van der Waals surface area contributed by atoms with E-state index in [0.29, 0.717) is 58.1 Å². The monoisotopic (exact) mass is 793 g/mol. The van der Waals surface area contributed by atoms with E-state index >= 15 is 0 Å². The molecule has 8 aromatic rings. The lowest BCUT2D eigenvalue weighted by Gasteiger charge is -2.35. The molecule has 0 saturated carbocycles. The number of rotatable bonds is 8. The Balaban J connectivity index is 0.871. The van der Waals surface area contributed by atoms with E-state index in [-0.39, 0.29) is 23.8 Å². The van der Waals surface area contributed by atoms with Crippen LogP contribution in [-0.2, 0) is 6.42 Å². The van der Waals surface area contributed by atoms with Crippen molar-refractivity contribution in [3.63, 3.8) is 0 Å². The summed E-state index contributed by atoms with van der Waals surface area (Å²) in [6.45, 7) is 13.3. The minimum atomic E-state index is -0.352. The number of carbonyl (C=O) groups is 2. The van der Waals surface area contributed by atoms with Gasteiger partial charge in [0.2, 0.25) is 5.95 Å². The molecule has 0 bridgehead atoms. The van der Waals surface area contributed by atoms with Crippen molar-refractivity contribution < 1.29 is 18.4 Å². The molecule has 2 aromatic carbocycles. The molecule has 2 fully saturated rings. The van der Waals surface area contributed by atoms with Gasteiger partial charge in [0.15, 0.2) is 11.3 Å². The van der Waals surface area contributed by atoms with Gasteiger partial charge in [0, 0.05) is 86.6 Å². The fourth-order valence-corrected chi connectivity index (χ4v) is 8.41. The Morgan fingerprint density at radius 1 is 0.780 bits per heavy atom. The van der Waals surface area contributed by atoms with Crippen molar-refractivity contribution in [1.82, 2.24) is 44.6 Å². The van der Waals surface area contributed by atoms with E-state index in [1.807, 2.05) is 74.7 Å². The molecule has 0 spiro atoms. The van der Waals surface area contributed by atoms with Gasteiger partial charge in [-0.15, -0.1) is 5.10 Å². The molecule has 2 saturated heterocycles. The minimum absolute atomic E-state index is 0.0140. The van der Waals surface area contributed by atoms with Crippen LogP contribution < -0.4 is 31.1 Å². The highest BCUT2D eigenvalue weighted by molar-refractivity contribution is 6.14. The third-order valence-electron chi connectivity index (χ3n) is 11.0. The van der Waals surface area contributed by atoms with Gasteiger partial charge in [0.1, 0.15) is 28.5 Å². The maximum atomic E-state index is 13.8. The van der Waals surface area contributed by atoms with Gasteiger partial charge in [0.05, 0.1) is 46.8 Å². The number of anilines is 4. The fourth-order valence-electron chi connectivity index (χ4n) is 8.41. The van der Waals surface area contributed by atoms with E-state index in [9.17, 15) is 9.59 Å². The van der Waals surface area contributed by atoms with E-state index in [0.717, 1.165) is 84.3 Å². The van der Waals surface area contributed by atoms with Gasteiger partial charge in [-0.3, -0.25) is 19.9 Å². The van der Waals surface area contributed by atoms with Crippen molar-refractivity contribution in [1.29, 1.82) is 0 Å². The summed E-state index contributed by atoms with van der Waals surface area (Å²) in [5.74, 6) is 1.37. The number of imidazole rings is 1. The first-order valence-corrected chi connectivity index (χ1v) is 19.8. The van der Waals surface area contributed by atoms with Gasteiger partial charge in [0.25, 0.3) is 11.8 Å². The highest BCUT2D eigenvalue weighted by atomic mass is 16.3. The summed E-state index contributed by atoms with van der Waals surface area (Å²) < 4.78 is 15.8. The number of furan rings is 2. The van der Waals surface area contributed by atoms with Gasteiger partial charge in [-0.1, -0.05) is 0 Å². The number of piperazine rings is 2. The highest BCUT2D eigenvalue weighted by Gasteiger charge is 2.27. The lowest BCUT2D eigenvalue weighted by atomic mass is 10.0. The van der Waals surface area contributed by atoms with Crippen LogP contribution in [0.3, 0.4) is 0 Å². The average Bonchev–Trinajstić information content (AvgIpc) is 4.01. The molecule has 300 valence electrons. The third-order valence-corrected chi connectivity index (χ3v) is 11.0. The normalized spacial score (nSPS) is 16.2. The lowest BCUT2D eigenvalue weighted by Crippen LogP contribution is -2.51. The Morgan fingerprint density at radius 3 is 2.17 bits per heavy atom. The Hall–Kier alpha value is -6.85. The Morgan fingerprint density at radius 2 is 1.44 bits per heavy atom. The van der Waals surface area contributed by atoms with E-state index in [2.05, 4.69) is 46.1 Å². The first kappa shape index (κ1) is 36.5. The van der Waals surface area contributed by atoms with Crippen molar-refractivity contribution in [3.8, 4) is 0 Å². The Bertz CT molecular complexity index is 2940. The van der Waals surface area contributed by atoms with E-state index in [1.165, 1.54) is 0 Å². The maximum Gasteiger partial charge on any atom is 0.261 e. The summed E-state index contributed by atoms with van der Waals surface area (Å²) in [5.41, 5.74) is 7.61. The van der Waals surface area contributed by atoms with E-state index in [1.54, 1.807) is 23.1 Å². The van der Waals surface area contributed by atoms with E-state index < -0.39 is 0 Å². The number of carbonyl (C=O) groups excluding carboxylic acids is 2. The second-order valence-electron chi connectivity index (χ2n) is 15.4. The van der Waals surface area contributed by atoms with Crippen LogP contribution in [0.1, 0.15) is 49.3 Å². The van der Waals surface area contributed by atoms with Crippen LogP contribution in [0.2, 0.25) is 0 Å². The zero-order valence-electron chi connectivity index (χ0n) is 33.2. The second-order valence-corrected chi connectivity index (χ2v) is 15.4. The number of aryl methyl sites for hydroxylation is 4. The Kier molecular flexibility index (Phi) is 8.98. The van der Waals surface area contributed by atoms with Crippen molar-refractivity contribution in [2.24, 2.45) is 0 Å². The molecule has 4 N–H and O–H groups in total. The smallest absolute Gasteiger partial charge is 0.261 e. The summed E-state index contributed by atoms with van der Waals surface area (Å²) in [6.07, 6.45) is 7.62. The molecule has 17 nitrogen and oxygen atoms in total. The van der Waals surface area contributed by atoms with Crippen LogP contribution in [0.25, 0.3) is 33.2 Å². The summed E-state index contributed by atoms with van der Waals surface area (Å²) in [4.78, 5) is 50.4. The molecule has 10 rings (SSSR count). The van der Waals surface area contributed by atoms with Crippen molar-refractivity contribution in [3.05, 3.63) is 101 Å². The van der Waals surface area contributed by atoms with Crippen molar-refractivity contribution in [2.45, 2.75) is 40.2 Å². The molecule has 59 heavy (non-hydrogen) atoms. The number of aromatic nitrogens is 7. The highest BCUT2D eigenvalue weighted by Crippen LogP contribution is 2.35. The Labute approximate surface area is 337 Å². The van der Waals surface area contributed by atoms with Crippen molar-refractivity contribution >= 4 is 68.2 Å². The number of benzene rings is 2. The SMILES string of the molecule is Cc1cn2nc(NC(=O)c3ccc(N4CCNCC4)c4cc(C)oc34)nc2c(CC2CN(c3ccc(C(=O)Nc4cn5cc(C)nc5cn4)c4oc(C)cc34)CCN2)n1. The second kappa shape index (κ2) is 14.5. The fraction of sp³-hybridized carbons (Fsp3) is 0.310. The molecular formula is C42H43N13O4. The molecule has 2 aliphatic heterocycles. The summed E-state index contributed by atoms with van der Waals surface area (Å²) in [5, 5.41) is 19.3. The molecular weight excluding hydrogens is 751 g/mol. The number of amides is 2. The van der Waals surface area contributed by atoms with Crippen LogP contribution in [0.4, 0.5) is 23.1 Å². The standard InChI is InChI=1S/C42H43N13O4/c1-23-19-54-22-35(45-18-36(54)47-23)48-40(56)28-6-8-34(31-16-26(4)58-37(28)31)53-14-11-44-27(21-53)17-32-39-49-42(51-55(39)20-24(2)46-32)50-41(57)29-5-7-33(52-12-9-43-10-13-52)30-15-25(3)59-38(29)30/h5-8,15-16,18-20,22,27,43-44H,9-14,17,21H2,1-4H3,(H,48,56)(H,50,51,57). The molecule has 6 aromatic heterocycles. The first-order valence-electron chi connectivity index (χ1n) is 19.8.